The average Bonchev–Trinajstić information content (AvgIpc) is 3.23. The summed E-state index contributed by atoms with van der Waals surface area (Å²) >= 11 is 0. The van der Waals surface area contributed by atoms with Gasteiger partial charge >= 0.3 is 12.1 Å². The molecule has 1 aromatic heterocycles. The van der Waals surface area contributed by atoms with E-state index >= 15 is 0 Å². The van der Waals surface area contributed by atoms with E-state index in [-0.39, 0.29) is 23.5 Å². The van der Waals surface area contributed by atoms with E-state index in [0.717, 1.165) is 56.2 Å². The first-order valence-corrected chi connectivity index (χ1v) is 12.4. The van der Waals surface area contributed by atoms with Crippen LogP contribution in [0.25, 0.3) is 0 Å². The van der Waals surface area contributed by atoms with Crippen molar-refractivity contribution in [1.29, 1.82) is 0 Å². The van der Waals surface area contributed by atoms with Crippen molar-refractivity contribution >= 4 is 17.8 Å². The lowest BCUT2D eigenvalue weighted by molar-refractivity contribution is -0.192. The van der Waals surface area contributed by atoms with Crippen LogP contribution >= 0.6 is 0 Å². The number of morpholine rings is 1. The number of halogens is 3. The van der Waals surface area contributed by atoms with E-state index in [2.05, 4.69) is 28.6 Å². The second-order valence-electron chi connectivity index (χ2n) is 10.3. The number of carbonyl (C=O) groups excluding carboxylic acids is 1. The van der Waals surface area contributed by atoms with Gasteiger partial charge in [-0.2, -0.15) is 13.2 Å². The number of aromatic nitrogens is 2. The van der Waals surface area contributed by atoms with Crippen molar-refractivity contribution in [2.75, 3.05) is 58.3 Å². The molecule has 3 atom stereocenters. The molecule has 1 amide bonds. The van der Waals surface area contributed by atoms with E-state index in [0.29, 0.717) is 26.2 Å². The number of carboxylic acid groups (broad SMARTS) is 1. The van der Waals surface area contributed by atoms with E-state index in [4.69, 9.17) is 24.4 Å². The van der Waals surface area contributed by atoms with Gasteiger partial charge in [0.1, 0.15) is 0 Å². The molecule has 1 aromatic rings. The molecule has 0 bridgehead atoms. The number of nitrogens with zero attached hydrogens (tertiary/aromatic N) is 5. The largest absolute Gasteiger partial charge is 0.490 e. The van der Waals surface area contributed by atoms with E-state index in [1.165, 1.54) is 0 Å². The van der Waals surface area contributed by atoms with Gasteiger partial charge < -0.3 is 29.3 Å². The monoisotopic (exact) mass is 531 g/mol. The highest BCUT2D eigenvalue weighted by Gasteiger charge is 2.46. The zero-order chi connectivity index (χ0) is 27.4. The molecule has 2 saturated heterocycles. The number of fused-ring (bicyclic) bond motifs is 2. The molecule has 208 valence electrons. The number of alkyl halides is 3. The fourth-order valence-corrected chi connectivity index (χ4v) is 4.98. The van der Waals surface area contributed by atoms with Crippen molar-refractivity contribution in [3.8, 4) is 0 Å². The highest BCUT2D eigenvalue weighted by Crippen LogP contribution is 2.40. The smallest absolute Gasteiger partial charge is 0.475 e. The number of aliphatic carboxylic acids is 1. The Labute approximate surface area is 214 Å². The first-order valence-electron chi connectivity index (χ1n) is 12.4. The van der Waals surface area contributed by atoms with Crippen LogP contribution in [-0.2, 0) is 31.1 Å². The van der Waals surface area contributed by atoms with Gasteiger partial charge in [-0.3, -0.25) is 4.79 Å². The van der Waals surface area contributed by atoms with E-state index in [1.54, 1.807) is 0 Å². The highest BCUT2D eigenvalue weighted by atomic mass is 19.4. The summed E-state index contributed by atoms with van der Waals surface area (Å²) in [6, 6.07) is 0. The van der Waals surface area contributed by atoms with Crippen molar-refractivity contribution in [1.82, 2.24) is 19.8 Å². The second-order valence-corrected chi connectivity index (χ2v) is 10.3. The van der Waals surface area contributed by atoms with E-state index in [9.17, 15) is 18.0 Å². The number of rotatable bonds is 5. The molecule has 1 spiro atoms. The molecular formula is C24H36F3N5O5. The minimum atomic E-state index is -5.08. The third-order valence-electron chi connectivity index (χ3n) is 6.64. The Balaban J connectivity index is 0.000000479. The average molecular weight is 532 g/mol. The Kier molecular flexibility index (Phi) is 9.35. The molecule has 13 heteroatoms. The SMILES string of the molecule is CC1CN(c2ncc3c(n2)[C@]2(CCN(C(=O)CCCN(C)C)C2)COC3)CC(C)O1.O=C(O)C(F)(F)F. The lowest BCUT2D eigenvalue weighted by Gasteiger charge is -2.38. The van der Waals surface area contributed by atoms with Crippen LogP contribution in [0.5, 0.6) is 0 Å². The zero-order valence-corrected chi connectivity index (χ0v) is 21.8. The van der Waals surface area contributed by atoms with Crippen molar-refractivity contribution in [3.63, 3.8) is 0 Å². The Hall–Kier alpha value is -2.51. The van der Waals surface area contributed by atoms with Crippen LogP contribution in [0, 0.1) is 0 Å². The van der Waals surface area contributed by atoms with Gasteiger partial charge in [-0.15, -0.1) is 0 Å². The van der Waals surface area contributed by atoms with Crippen LogP contribution in [0.4, 0.5) is 19.1 Å². The summed E-state index contributed by atoms with van der Waals surface area (Å²) in [5, 5.41) is 7.12. The second kappa shape index (κ2) is 11.9. The van der Waals surface area contributed by atoms with E-state index < -0.39 is 12.1 Å². The Morgan fingerprint density at radius 3 is 2.49 bits per heavy atom. The minimum absolute atomic E-state index is 0.160. The van der Waals surface area contributed by atoms with Gasteiger partial charge in [0.2, 0.25) is 11.9 Å². The summed E-state index contributed by atoms with van der Waals surface area (Å²) in [4.78, 5) is 37.7. The number of carbonyl (C=O) groups is 2. The lowest BCUT2D eigenvalue weighted by Crippen LogP contribution is -2.47. The summed E-state index contributed by atoms with van der Waals surface area (Å²) in [5.41, 5.74) is 1.92. The first kappa shape index (κ1) is 29.1. The standard InChI is InChI=1S/C22H35N5O3.C2HF3O2/c1-16-11-27(12-17(2)30-16)21-23-10-18-13-29-15-22(20(18)24-21)7-9-26(14-22)19(28)6-5-8-25(3)4;3-2(4,5)1(6)7/h10,16-17H,5-9,11-15H2,1-4H3;(H,6,7)/t16?,17?,22-;/m0./s1. The molecule has 3 aliphatic rings. The maximum absolute atomic E-state index is 12.8. The quantitative estimate of drug-likeness (QED) is 0.611. The molecule has 2 fully saturated rings. The fraction of sp³-hybridized carbons (Fsp3) is 0.750. The zero-order valence-electron chi connectivity index (χ0n) is 21.8. The fourth-order valence-electron chi connectivity index (χ4n) is 4.98. The van der Waals surface area contributed by atoms with Crippen molar-refractivity contribution in [2.45, 2.75) is 63.5 Å². The van der Waals surface area contributed by atoms with Gasteiger partial charge in [-0.1, -0.05) is 0 Å². The molecule has 2 unspecified atom stereocenters. The first-order chi connectivity index (χ1) is 17.3. The lowest BCUT2D eigenvalue weighted by atomic mass is 9.80. The van der Waals surface area contributed by atoms with Gasteiger partial charge in [0.15, 0.2) is 0 Å². The summed E-state index contributed by atoms with van der Waals surface area (Å²) in [7, 11) is 4.08. The molecule has 0 radical (unpaired) electrons. The number of carboxylic acids is 1. The third-order valence-corrected chi connectivity index (χ3v) is 6.64. The van der Waals surface area contributed by atoms with Crippen LogP contribution in [-0.4, -0.2) is 109 Å². The summed E-state index contributed by atoms with van der Waals surface area (Å²) in [6.07, 6.45) is -0.459. The maximum Gasteiger partial charge on any atom is 0.490 e. The molecule has 4 heterocycles. The van der Waals surface area contributed by atoms with Crippen LogP contribution in [0.1, 0.15) is 44.4 Å². The molecule has 0 aliphatic carbocycles. The van der Waals surface area contributed by atoms with E-state index in [1.807, 2.05) is 25.2 Å². The molecule has 3 aliphatic heterocycles. The van der Waals surface area contributed by atoms with Crippen LogP contribution < -0.4 is 4.90 Å². The number of hydrogen-bond donors (Lipinski definition) is 1. The van der Waals surface area contributed by atoms with Gasteiger partial charge in [0.25, 0.3) is 0 Å². The highest BCUT2D eigenvalue weighted by molar-refractivity contribution is 5.76. The molecule has 37 heavy (non-hydrogen) atoms. The number of hydrogen-bond acceptors (Lipinski definition) is 8. The number of anilines is 1. The van der Waals surface area contributed by atoms with Crippen LogP contribution in [0.2, 0.25) is 0 Å². The Morgan fingerprint density at radius 2 is 1.89 bits per heavy atom. The molecule has 0 aromatic carbocycles. The molecule has 4 rings (SSSR count). The molecular weight excluding hydrogens is 495 g/mol. The summed E-state index contributed by atoms with van der Waals surface area (Å²) < 4.78 is 43.5. The Bertz CT molecular complexity index is 953. The predicted octanol–water partition coefficient (Wildman–Crippen LogP) is 2.07. The minimum Gasteiger partial charge on any atom is -0.475 e. The predicted molar refractivity (Wildman–Crippen MR) is 128 cm³/mol. The third kappa shape index (κ3) is 7.51. The maximum atomic E-state index is 12.8. The Morgan fingerprint density at radius 1 is 1.24 bits per heavy atom. The number of likely N-dealkylation sites (tertiary alicyclic amines) is 1. The van der Waals surface area contributed by atoms with Crippen LogP contribution in [0.3, 0.4) is 0 Å². The molecule has 10 nitrogen and oxygen atoms in total. The van der Waals surface area contributed by atoms with Crippen molar-refractivity contribution in [3.05, 3.63) is 17.5 Å². The van der Waals surface area contributed by atoms with Gasteiger partial charge in [0.05, 0.1) is 36.5 Å². The topological polar surface area (TPSA) is 108 Å². The number of amides is 1. The van der Waals surface area contributed by atoms with Gasteiger partial charge in [-0.25, -0.2) is 14.8 Å². The molecule has 0 saturated carbocycles. The van der Waals surface area contributed by atoms with Crippen LogP contribution in [0.15, 0.2) is 6.20 Å². The van der Waals surface area contributed by atoms with Crippen molar-refractivity contribution in [2.24, 2.45) is 0 Å². The van der Waals surface area contributed by atoms with Gasteiger partial charge in [-0.05, 0) is 47.3 Å². The van der Waals surface area contributed by atoms with Crippen molar-refractivity contribution < 1.29 is 37.3 Å². The van der Waals surface area contributed by atoms with Gasteiger partial charge in [0, 0.05) is 44.4 Å². The normalized spacial score (nSPS) is 25.6. The molecule has 1 N–H and O–H groups in total. The summed E-state index contributed by atoms with van der Waals surface area (Å²) in [6.45, 7) is 9.33. The number of ether oxygens (including phenoxy) is 2. The summed E-state index contributed by atoms with van der Waals surface area (Å²) in [5.74, 6) is -1.74.